The van der Waals surface area contributed by atoms with Crippen LogP contribution in [-0.2, 0) is 14.9 Å². The first-order chi connectivity index (χ1) is 9.48. The van der Waals surface area contributed by atoms with Crippen LogP contribution in [0.15, 0.2) is 12.1 Å². The zero-order valence-corrected chi connectivity index (χ0v) is 11.6. The fourth-order valence-electron chi connectivity index (χ4n) is 1.43. The minimum absolute atomic E-state index is 0.0591. The predicted octanol–water partition coefficient (Wildman–Crippen LogP) is 1.99. The topological polar surface area (TPSA) is 89.5 Å². The van der Waals surface area contributed by atoms with Crippen LogP contribution in [0.3, 0.4) is 0 Å². The van der Waals surface area contributed by atoms with E-state index in [1.807, 2.05) is 0 Å². The first kappa shape index (κ1) is 17.0. The fourth-order valence-corrected chi connectivity index (χ4v) is 1.98. The van der Waals surface area contributed by atoms with Crippen molar-refractivity contribution in [3.05, 3.63) is 23.3 Å². The lowest BCUT2D eigenvalue weighted by Gasteiger charge is -2.14. The van der Waals surface area contributed by atoms with Crippen LogP contribution in [0.1, 0.15) is 22.8 Å². The molecular formula is C11H10F3NO5S. The average molecular weight is 325 g/mol. The van der Waals surface area contributed by atoms with Gasteiger partial charge in [-0.3, -0.25) is 9.59 Å². The first-order valence-corrected chi connectivity index (χ1v) is 6.77. The van der Waals surface area contributed by atoms with E-state index in [0.717, 1.165) is 6.07 Å². The molecule has 0 saturated heterocycles. The summed E-state index contributed by atoms with van der Waals surface area (Å²) in [4.78, 5) is 21.8. The van der Waals surface area contributed by atoms with Gasteiger partial charge in [-0.25, -0.2) is 0 Å². The molecule has 1 N–H and O–H groups in total. The number of rotatable bonds is 4. The number of aryl methyl sites for hydroxylation is 1. The maximum Gasteiger partial charge on any atom is 0.534 e. The molecule has 21 heavy (non-hydrogen) atoms. The van der Waals surface area contributed by atoms with E-state index in [9.17, 15) is 31.2 Å². The van der Waals surface area contributed by atoms with Crippen molar-refractivity contribution >= 4 is 28.0 Å². The molecule has 0 aliphatic heterocycles. The molecule has 10 heteroatoms. The maximum atomic E-state index is 12.3. The Labute approximate surface area is 118 Å². The molecule has 0 unspecified atom stereocenters. The van der Waals surface area contributed by atoms with Crippen LogP contribution in [0.4, 0.5) is 18.9 Å². The molecule has 1 amide bonds. The van der Waals surface area contributed by atoms with Gasteiger partial charge in [0.2, 0.25) is 5.91 Å². The number of carbonyl (C=O) groups is 2. The van der Waals surface area contributed by atoms with Crippen LogP contribution in [0.2, 0.25) is 0 Å². The van der Waals surface area contributed by atoms with Crippen molar-refractivity contribution < 1.29 is 35.4 Å². The van der Waals surface area contributed by atoms with Crippen LogP contribution in [0, 0.1) is 6.92 Å². The van der Waals surface area contributed by atoms with Crippen LogP contribution < -0.4 is 9.50 Å². The Kier molecular flexibility index (Phi) is 4.62. The lowest BCUT2D eigenvalue weighted by molar-refractivity contribution is -0.114. The Morgan fingerprint density at radius 1 is 1.33 bits per heavy atom. The Morgan fingerprint density at radius 2 is 1.90 bits per heavy atom. The zero-order chi connectivity index (χ0) is 16.4. The number of carbonyl (C=O) groups excluding carboxylic acids is 2. The van der Waals surface area contributed by atoms with Crippen molar-refractivity contribution in [1.29, 1.82) is 0 Å². The van der Waals surface area contributed by atoms with E-state index < -0.39 is 32.8 Å². The number of anilines is 1. The Balaban J connectivity index is 3.32. The number of amides is 1. The van der Waals surface area contributed by atoms with Gasteiger partial charge < -0.3 is 9.50 Å². The molecule has 0 aliphatic carbocycles. The summed E-state index contributed by atoms with van der Waals surface area (Å²) in [5, 5.41) is 2.32. The average Bonchev–Trinajstić information content (AvgIpc) is 2.29. The van der Waals surface area contributed by atoms with Crippen molar-refractivity contribution in [2.24, 2.45) is 0 Å². The van der Waals surface area contributed by atoms with E-state index in [0.29, 0.717) is 0 Å². The third kappa shape index (κ3) is 3.94. The maximum absolute atomic E-state index is 12.3. The van der Waals surface area contributed by atoms with E-state index in [1.54, 1.807) is 0 Å². The lowest BCUT2D eigenvalue weighted by Crippen LogP contribution is -2.28. The minimum atomic E-state index is -5.89. The highest BCUT2D eigenvalue weighted by molar-refractivity contribution is 7.88. The molecule has 0 bridgehead atoms. The SMILES string of the molecule is CC(=O)Nc1cc(C)c(OS(=O)(=O)C(F)(F)F)c(C=O)c1. The van der Waals surface area contributed by atoms with Gasteiger partial charge in [0.1, 0.15) is 0 Å². The standard InChI is InChI=1S/C11H10F3NO5S/c1-6-3-9(15-7(2)17)4-8(5-16)10(6)20-21(18,19)11(12,13)14/h3-5H,1-2H3,(H,15,17). The molecule has 0 heterocycles. The van der Waals surface area contributed by atoms with Gasteiger partial charge >= 0.3 is 15.6 Å². The number of hydrogen-bond acceptors (Lipinski definition) is 5. The van der Waals surface area contributed by atoms with Gasteiger partial charge in [-0.2, -0.15) is 21.6 Å². The molecule has 0 aliphatic rings. The van der Waals surface area contributed by atoms with E-state index in [1.165, 1.54) is 19.9 Å². The van der Waals surface area contributed by atoms with Gasteiger partial charge in [0.15, 0.2) is 12.0 Å². The molecule has 1 aromatic carbocycles. The molecule has 1 rings (SSSR count). The van der Waals surface area contributed by atoms with Crippen molar-refractivity contribution in [1.82, 2.24) is 0 Å². The minimum Gasteiger partial charge on any atom is -0.375 e. The second kappa shape index (κ2) is 5.72. The Bertz CT molecular complexity index is 682. The van der Waals surface area contributed by atoms with Crippen LogP contribution in [0.25, 0.3) is 0 Å². The number of nitrogens with one attached hydrogen (secondary N) is 1. The number of hydrogen-bond donors (Lipinski definition) is 1. The van der Waals surface area contributed by atoms with Crippen LogP contribution in [-0.4, -0.2) is 26.1 Å². The summed E-state index contributed by atoms with van der Waals surface area (Å²) >= 11 is 0. The monoisotopic (exact) mass is 325 g/mol. The number of benzene rings is 1. The summed E-state index contributed by atoms with van der Waals surface area (Å²) in [6.45, 7) is 2.42. The van der Waals surface area contributed by atoms with Gasteiger partial charge in [-0.05, 0) is 24.6 Å². The van der Waals surface area contributed by atoms with Gasteiger partial charge in [0.25, 0.3) is 0 Å². The van der Waals surface area contributed by atoms with Crippen molar-refractivity contribution in [3.63, 3.8) is 0 Å². The predicted molar refractivity (Wildman–Crippen MR) is 66.5 cm³/mol. The molecular weight excluding hydrogens is 315 g/mol. The van der Waals surface area contributed by atoms with E-state index in [-0.39, 0.29) is 17.5 Å². The van der Waals surface area contributed by atoms with E-state index >= 15 is 0 Å². The van der Waals surface area contributed by atoms with Crippen molar-refractivity contribution in [2.75, 3.05) is 5.32 Å². The molecule has 0 atom stereocenters. The zero-order valence-electron chi connectivity index (χ0n) is 10.8. The first-order valence-electron chi connectivity index (χ1n) is 5.36. The number of alkyl halides is 3. The summed E-state index contributed by atoms with van der Waals surface area (Å²) in [5.41, 5.74) is -5.99. The molecule has 116 valence electrons. The summed E-state index contributed by atoms with van der Waals surface area (Å²) in [7, 11) is -5.89. The van der Waals surface area contributed by atoms with Gasteiger partial charge in [-0.15, -0.1) is 0 Å². The van der Waals surface area contributed by atoms with Gasteiger partial charge in [-0.1, -0.05) is 0 Å². The largest absolute Gasteiger partial charge is 0.534 e. The highest BCUT2D eigenvalue weighted by Crippen LogP contribution is 2.32. The number of halogens is 3. The van der Waals surface area contributed by atoms with Crippen LogP contribution in [0.5, 0.6) is 5.75 Å². The highest BCUT2D eigenvalue weighted by Gasteiger charge is 2.49. The summed E-state index contributed by atoms with van der Waals surface area (Å²) in [6.07, 6.45) is 0.125. The summed E-state index contributed by atoms with van der Waals surface area (Å²) in [6, 6.07) is 2.18. The molecule has 0 radical (unpaired) electrons. The second-order valence-corrected chi connectivity index (χ2v) is 5.53. The molecule has 0 spiro atoms. The smallest absolute Gasteiger partial charge is 0.375 e. The van der Waals surface area contributed by atoms with E-state index in [2.05, 4.69) is 9.50 Å². The van der Waals surface area contributed by atoms with E-state index in [4.69, 9.17) is 0 Å². The van der Waals surface area contributed by atoms with Crippen molar-refractivity contribution in [2.45, 2.75) is 19.4 Å². The highest BCUT2D eigenvalue weighted by atomic mass is 32.2. The quantitative estimate of drug-likeness (QED) is 0.519. The fraction of sp³-hybridized carbons (Fsp3) is 0.273. The molecule has 0 aromatic heterocycles. The third-order valence-corrected chi connectivity index (χ3v) is 3.18. The molecule has 0 saturated carbocycles. The normalized spacial score (nSPS) is 11.9. The lowest BCUT2D eigenvalue weighted by atomic mass is 10.1. The second-order valence-electron chi connectivity index (χ2n) is 3.99. The Morgan fingerprint density at radius 3 is 2.33 bits per heavy atom. The number of aldehydes is 1. The summed E-state index contributed by atoms with van der Waals surface area (Å²) < 4.78 is 62.8. The molecule has 6 nitrogen and oxygen atoms in total. The molecule has 0 fully saturated rings. The summed E-state index contributed by atoms with van der Waals surface area (Å²) in [5.74, 6) is -1.21. The Hall–Kier alpha value is -2.10. The van der Waals surface area contributed by atoms with Crippen LogP contribution >= 0.6 is 0 Å². The van der Waals surface area contributed by atoms with Gasteiger partial charge in [0.05, 0.1) is 5.56 Å². The van der Waals surface area contributed by atoms with Crippen molar-refractivity contribution in [3.8, 4) is 5.75 Å². The third-order valence-electron chi connectivity index (χ3n) is 2.23. The molecule has 1 aromatic rings. The van der Waals surface area contributed by atoms with Gasteiger partial charge in [0, 0.05) is 12.6 Å².